The van der Waals surface area contributed by atoms with Crippen molar-refractivity contribution in [2.45, 2.75) is 13.3 Å². The number of halogens is 1. The molecule has 4 atom stereocenters. The molecule has 0 unspecified atom stereocenters. The van der Waals surface area contributed by atoms with Gasteiger partial charge in [-0.3, -0.25) is 9.59 Å². The Kier molecular flexibility index (Phi) is 2.35. The van der Waals surface area contributed by atoms with E-state index in [0.29, 0.717) is 5.69 Å². The number of carbonyl (C=O) groups excluding carboxylic acids is 2. The Balaban J connectivity index is 1.80. The number of benzene rings is 1. The Morgan fingerprint density at radius 1 is 1.20 bits per heavy atom. The second kappa shape index (κ2) is 3.82. The summed E-state index contributed by atoms with van der Waals surface area (Å²) in [5.41, 5.74) is 0.141. The van der Waals surface area contributed by atoms with Crippen molar-refractivity contribution in [3.8, 4) is 0 Å². The van der Waals surface area contributed by atoms with Gasteiger partial charge in [0.25, 0.3) is 0 Å². The maximum atomic E-state index is 12.9. The van der Waals surface area contributed by atoms with Gasteiger partial charge in [0.05, 0.1) is 17.0 Å². The molecule has 1 aromatic rings. The van der Waals surface area contributed by atoms with Crippen molar-refractivity contribution in [2.75, 3.05) is 4.90 Å². The fourth-order valence-corrected chi connectivity index (χ4v) is 4.40. The second-order valence-corrected chi connectivity index (χ2v) is 7.02. The van der Waals surface area contributed by atoms with Gasteiger partial charge in [-0.1, -0.05) is 28.1 Å². The maximum absolute atomic E-state index is 12.9. The lowest BCUT2D eigenvalue weighted by atomic mass is 9.71. The van der Waals surface area contributed by atoms with E-state index in [9.17, 15) is 9.59 Å². The molecule has 20 heavy (non-hydrogen) atoms. The van der Waals surface area contributed by atoms with Crippen LogP contribution in [0.25, 0.3) is 0 Å². The summed E-state index contributed by atoms with van der Waals surface area (Å²) in [6.07, 6.45) is 5.19. The highest BCUT2D eigenvalue weighted by Gasteiger charge is 2.67. The van der Waals surface area contributed by atoms with Crippen LogP contribution in [0.2, 0.25) is 0 Å². The Hall–Kier alpha value is -1.42. The van der Waals surface area contributed by atoms with Crippen molar-refractivity contribution >= 4 is 33.4 Å². The number of carbonyl (C=O) groups is 2. The van der Waals surface area contributed by atoms with Crippen LogP contribution in [0.15, 0.2) is 40.9 Å². The van der Waals surface area contributed by atoms with Gasteiger partial charge in [-0.05, 0) is 49.4 Å². The third-order valence-electron chi connectivity index (χ3n) is 5.20. The lowest BCUT2D eigenvalue weighted by molar-refractivity contribution is -0.127. The highest BCUT2D eigenvalue weighted by molar-refractivity contribution is 9.10. The van der Waals surface area contributed by atoms with Crippen LogP contribution in [0.3, 0.4) is 0 Å². The van der Waals surface area contributed by atoms with Crippen molar-refractivity contribution in [2.24, 2.45) is 23.2 Å². The quantitative estimate of drug-likeness (QED) is 0.585. The van der Waals surface area contributed by atoms with Crippen molar-refractivity contribution < 1.29 is 9.59 Å². The first kappa shape index (κ1) is 12.3. The first-order chi connectivity index (χ1) is 9.53. The van der Waals surface area contributed by atoms with Gasteiger partial charge in [-0.15, -0.1) is 0 Å². The molecular weight excluding hydrogens is 318 g/mol. The van der Waals surface area contributed by atoms with Crippen LogP contribution in [0.5, 0.6) is 0 Å². The summed E-state index contributed by atoms with van der Waals surface area (Å²) in [6, 6.07) is 7.36. The van der Waals surface area contributed by atoms with Gasteiger partial charge in [0.2, 0.25) is 11.8 Å². The van der Waals surface area contributed by atoms with E-state index in [1.54, 1.807) is 0 Å². The molecule has 0 N–H and O–H groups in total. The minimum atomic E-state index is -0.538. The standard InChI is InChI=1S/C16H14BrNO2/c1-16-10-3-2-9(8-10)13(16)14(19)18(15(16)20)12-6-4-11(17)5-7-12/h2-7,9-10,13H,8H2,1H3/t9-,10-,13+,16-/m0/s1. The molecule has 1 heterocycles. The van der Waals surface area contributed by atoms with Crippen LogP contribution in [-0.2, 0) is 9.59 Å². The minimum absolute atomic E-state index is 0.0309. The summed E-state index contributed by atoms with van der Waals surface area (Å²) in [4.78, 5) is 27.0. The average Bonchev–Trinajstić information content (AvgIpc) is 3.05. The molecule has 1 saturated carbocycles. The molecule has 2 amide bonds. The number of amides is 2. The largest absolute Gasteiger partial charge is 0.274 e. The van der Waals surface area contributed by atoms with Crippen LogP contribution in [-0.4, -0.2) is 11.8 Å². The summed E-state index contributed by atoms with van der Waals surface area (Å²) < 4.78 is 0.938. The molecule has 1 aromatic carbocycles. The van der Waals surface area contributed by atoms with E-state index in [0.717, 1.165) is 10.9 Å². The molecule has 4 heteroatoms. The number of hydrogen-bond acceptors (Lipinski definition) is 2. The Bertz CT molecular complexity index is 651. The van der Waals surface area contributed by atoms with Gasteiger partial charge >= 0.3 is 0 Å². The van der Waals surface area contributed by atoms with E-state index in [4.69, 9.17) is 0 Å². The second-order valence-electron chi connectivity index (χ2n) is 6.11. The van der Waals surface area contributed by atoms with Crippen LogP contribution < -0.4 is 4.90 Å². The molecule has 1 saturated heterocycles. The van der Waals surface area contributed by atoms with E-state index < -0.39 is 5.41 Å². The van der Waals surface area contributed by atoms with E-state index in [-0.39, 0.29) is 29.6 Å². The number of hydrogen-bond donors (Lipinski definition) is 0. The predicted octanol–water partition coefficient (Wildman–Crippen LogP) is 3.15. The monoisotopic (exact) mass is 331 g/mol. The van der Waals surface area contributed by atoms with E-state index in [1.807, 2.05) is 31.2 Å². The van der Waals surface area contributed by atoms with Gasteiger partial charge in [0.1, 0.15) is 0 Å². The Labute approximate surface area is 125 Å². The zero-order valence-corrected chi connectivity index (χ0v) is 12.6. The fourth-order valence-electron chi connectivity index (χ4n) is 4.14. The van der Waals surface area contributed by atoms with Crippen LogP contribution >= 0.6 is 15.9 Å². The SMILES string of the molecule is C[C@@]12C(=O)N(c3ccc(Br)cc3)C(=O)[C@H]1[C@H]1C=C[C@H]2C1. The molecule has 2 aliphatic carbocycles. The number of nitrogens with zero attached hydrogens (tertiary/aromatic N) is 1. The normalized spacial score (nSPS) is 37.9. The van der Waals surface area contributed by atoms with E-state index in [1.165, 1.54) is 4.90 Å². The smallest absolute Gasteiger partial charge is 0.241 e. The van der Waals surface area contributed by atoms with Gasteiger partial charge in [0.15, 0.2) is 0 Å². The van der Waals surface area contributed by atoms with Crippen molar-refractivity contribution in [1.82, 2.24) is 0 Å². The van der Waals surface area contributed by atoms with Crippen LogP contribution in [0, 0.1) is 23.2 Å². The van der Waals surface area contributed by atoms with E-state index >= 15 is 0 Å². The summed E-state index contributed by atoms with van der Waals surface area (Å²) in [6.45, 7) is 1.96. The lowest BCUT2D eigenvalue weighted by Crippen LogP contribution is -2.37. The summed E-state index contributed by atoms with van der Waals surface area (Å²) in [7, 11) is 0. The molecule has 1 aliphatic heterocycles. The number of anilines is 1. The van der Waals surface area contributed by atoms with Crippen LogP contribution in [0.1, 0.15) is 13.3 Å². The summed E-state index contributed by atoms with van der Waals surface area (Å²) in [5, 5.41) is 0. The number of imide groups is 1. The van der Waals surface area contributed by atoms with Crippen LogP contribution in [0.4, 0.5) is 5.69 Å². The molecule has 3 nitrogen and oxygen atoms in total. The predicted molar refractivity (Wildman–Crippen MR) is 79.0 cm³/mol. The molecule has 102 valence electrons. The van der Waals surface area contributed by atoms with Crippen molar-refractivity contribution in [3.05, 3.63) is 40.9 Å². The topological polar surface area (TPSA) is 37.4 Å². The van der Waals surface area contributed by atoms with Gasteiger partial charge < -0.3 is 0 Å². The number of allylic oxidation sites excluding steroid dienone is 2. The Morgan fingerprint density at radius 2 is 1.90 bits per heavy atom. The minimum Gasteiger partial charge on any atom is -0.274 e. The van der Waals surface area contributed by atoms with E-state index in [2.05, 4.69) is 28.1 Å². The first-order valence-electron chi connectivity index (χ1n) is 6.86. The number of rotatable bonds is 1. The van der Waals surface area contributed by atoms with Gasteiger partial charge in [-0.25, -0.2) is 4.90 Å². The molecule has 3 aliphatic rings. The van der Waals surface area contributed by atoms with Crippen molar-refractivity contribution in [3.63, 3.8) is 0 Å². The molecule has 0 radical (unpaired) electrons. The molecule has 2 fully saturated rings. The first-order valence-corrected chi connectivity index (χ1v) is 7.65. The summed E-state index contributed by atoms with van der Waals surface area (Å²) >= 11 is 3.37. The zero-order valence-electron chi connectivity index (χ0n) is 11.0. The molecule has 4 rings (SSSR count). The molecule has 0 aromatic heterocycles. The average molecular weight is 332 g/mol. The molecular formula is C16H14BrNO2. The highest BCUT2D eigenvalue weighted by atomic mass is 79.9. The van der Waals surface area contributed by atoms with Gasteiger partial charge in [-0.2, -0.15) is 0 Å². The van der Waals surface area contributed by atoms with Crippen molar-refractivity contribution in [1.29, 1.82) is 0 Å². The zero-order chi connectivity index (χ0) is 14.1. The lowest BCUT2D eigenvalue weighted by Gasteiger charge is -2.28. The Morgan fingerprint density at radius 3 is 2.55 bits per heavy atom. The molecule has 2 bridgehead atoms. The number of fused-ring (bicyclic) bond motifs is 5. The highest BCUT2D eigenvalue weighted by Crippen LogP contribution is 2.60. The summed E-state index contributed by atoms with van der Waals surface area (Å²) in [5.74, 6) is 0.216. The third kappa shape index (κ3) is 1.30. The van der Waals surface area contributed by atoms with Gasteiger partial charge in [0, 0.05) is 4.47 Å². The molecule has 0 spiro atoms. The fraction of sp³-hybridized carbons (Fsp3) is 0.375. The third-order valence-corrected chi connectivity index (χ3v) is 5.73. The maximum Gasteiger partial charge on any atom is 0.241 e.